The number of hydrogen-bond donors (Lipinski definition) is 2. The smallest absolute Gasteiger partial charge is 0.341 e. The number of aryl methyl sites for hydroxylation is 1. The van der Waals surface area contributed by atoms with E-state index in [1.54, 1.807) is 12.1 Å². The van der Waals surface area contributed by atoms with E-state index >= 15 is 0 Å². The summed E-state index contributed by atoms with van der Waals surface area (Å²) in [5, 5.41) is 12.9. The van der Waals surface area contributed by atoms with Gasteiger partial charge in [-0.25, -0.2) is 9.18 Å². The van der Waals surface area contributed by atoms with E-state index in [9.17, 15) is 23.9 Å². The number of benzene rings is 1. The lowest BCUT2D eigenvalue weighted by Gasteiger charge is -2.45. The molecule has 3 aliphatic carbocycles. The molecule has 0 aliphatic heterocycles. The largest absolute Gasteiger partial charge is 0.481 e. The molecule has 0 radical (unpaired) electrons. The Balaban J connectivity index is 1.70. The average Bonchev–Trinajstić information content (AvgIpc) is 3.09. The number of halogens is 1. The first-order valence-corrected chi connectivity index (χ1v) is 11.1. The molecule has 3 aliphatic rings. The first kappa shape index (κ1) is 21.5. The monoisotopic (exact) mass is 445 g/mol. The summed E-state index contributed by atoms with van der Waals surface area (Å²) in [6, 6.07) is 5.76. The maximum atomic E-state index is 13.4. The molecule has 3 fully saturated rings. The zero-order chi connectivity index (χ0) is 22.3. The molecule has 3 saturated carbocycles. The van der Waals surface area contributed by atoms with E-state index in [-0.39, 0.29) is 23.3 Å². The lowest BCUT2D eigenvalue weighted by Crippen LogP contribution is -2.49. The molecule has 164 valence electrons. The first-order chi connectivity index (χ1) is 14.8. The van der Waals surface area contributed by atoms with Gasteiger partial charge in [0.2, 0.25) is 5.91 Å². The van der Waals surface area contributed by atoms with Crippen LogP contribution in [0.3, 0.4) is 0 Å². The highest BCUT2D eigenvalue weighted by molar-refractivity contribution is 7.17. The summed E-state index contributed by atoms with van der Waals surface area (Å²) in [4.78, 5) is 38.6. The van der Waals surface area contributed by atoms with Gasteiger partial charge >= 0.3 is 11.9 Å². The molecule has 0 spiro atoms. The predicted molar refractivity (Wildman–Crippen MR) is 114 cm³/mol. The van der Waals surface area contributed by atoms with E-state index in [0.29, 0.717) is 16.1 Å². The van der Waals surface area contributed by atoms with Crippen molar-refractivity contribution < 1.29 is 28.6 Å². The molecule has 0 unspecified atom stereocenters. The standard InChI is InChI=1S/C23H24FNO5S/c1-11-16(12-7-9-15(24)10-8-12)19(23(29)30-2)21(31-11)25-20(26)17-13-3-5-14(6-4-13)18(17)22(27)28/h7-10,13-14,17-18H,3-6H2,1-2H3,(H,25,26)(H,27,28)/t13?,14?,17-,18-/m1/s1. The van der Waals surface area contributed by atoms with Gasteiger partial charge in [0.25, 0.3) is 0 Å². The summed E-state index contributed by atoms with van der Waals surface area (Å²) in [7, 11) is 1.26. The second-order valence-corrected chi connectivity index (χ2v) is 9.51. The van der Waals surface area contributed by atoms with Gasteiger partial charge in [-0.15, -0.1) is 11.3 Å². The summed E-state index contributed by atoms with van der Waals surface area (Å²) >= 11 is 1.23. The molecule has 31 heavy (non-hydrogen) atoms. The van der Waals surface area contributed by atoms with Crippen LogP contribution in [0.5, 0.6) is 0 Å². The Morgan fingerprint density at radius 2 is 1.65 bits per heavy atom. The van der Waals surface area contributed by atoms with Crippen molar-refractivity contribution in [1.82, 2.24) is 0 Å². The molecule has 2 N–H and O–H groups in total. The van der Waals surface area contributed by atoms with E-state index in [1.165, 1.54) is 30.6 Å². The van der Waals surface area contributed by atoms with Crippen LogP contribution in [0, 0.1) is 36.4 Å². The van der Waals surface area contributed by atoms with Crippen molar-refractivity contribution >= 4 is 34.2 Å². The van der Waals surface area contributed by atoms with Crippen LogP contribution in [-0.4, -0.2) is 30.1 Å². The molecular weight excluding hydrogens is 421 g/mol. The van der Waals surface area contributed by atoms with Crippen molar-refractivity contribution in [3.8, 4) is 11.1 Å². The number of ether oxygens (including phenoxy) is 1. The Hall–Kier alpha value is -2.74. The second kappa shape index (κ2) is 8.42. The minimum absolute atomic E-state index is 0.0122. The van der Waals surface area contributed by atoms with Gasteiger partial charge in [-0.3, -0.25) is 9.59 Å². The van der Waals surface area contributed by atoms with Gasteiger partial charge in [0, 0.05) is 10.4 Å². The Morgan fingerprint density at radius 3 is 2.19 bits per heavy atom. The van der Waals surface area contributed by atoms with Crippen LogP contribution in [0.25, 0.3) is 11.1 Å². The third kappa shape index (κ3) is 3.84. The summed E-state index contributed by atoms with van der Waals surface area (Å²) in [6.45, 7) is 1.81. The number of thiophene rings is 1. The van der Waals surface area contributed by atoms with Gasteiger partial charge in [-0.05, 0) is 62.1 Å². The van der Waals surface area contributed by atoms with Crippen LogP contribution in [-0.2, 0) is 14.3 Å². The fourth-order valence-corrected chi connectivity index (χ4v) is 6.34. The number of aliphatic carboxylic acids is 1. The van der Waals surface area contributed by atoms with Crippen molar-refractivity contribution in [3.05, 3.63) is 40.5 Å². The number of fused-ring (bicyclic) bond motifs is 3. The molecule has 1 aromatic heterocycles. The molecular formula is C23H24FNO5S. The van der Waals surface area contributed by atoms with Gasteiger partial charge < -0.3 is 15.2 Å². The molecule has 8 heteroatoms. The highest BCUT2D eigenvalue weighted by Crippen LogP contribution is 2.50. The number of carbonyl (C=O) groups is 3. The number of carboxylic acid groups (broad SMARTS) is 1. The van der Waals surface area contributed by atoms with Gasteiger partial charge in [0.15, 0.2) is 0 Å². The van der Waals surface area contributed by atoms with Gasteiger partial charge in [0.05, 0.1) is 18.9 Å². The van der Waals surface area contributed by atoms with Gasteiger partial charge in [-0.1, -0.05) is 12.1 Å². The molecule has 1 aromatic carbocycles. The highest BCUT2D eigenvalue weighted by Gasteiger charge is 2.50. The number of rotatable bonds is 5. The molecule has 5 rings (SSSR count). The van der Waals surface area contributed by atoms with Crippen LogP contribution >= 0.6 is 11.3 Å². The van der Waals surface area contributed by atoms with E-state index in [4.69, 9.17) is 4.74 Å². The molecule has 1 amide bonds. The summed E-state index contributed by atoms with van der Waals surface area (Å²) in [6.07, 6.45) is 3.37. The topological polar surface area (TPSA) is 92.7 Å². The van der Waals surface area contributed by atoms with Crippen molar-refractivity contribution in [1.29, 1.82) is 0 Å². The van der Waals surface area contributed by atoms with E-state index in [1.807, 2.05) is 6.92 Å². The van der Waals surface area contributed by atoms with E-state index in [2.05, 4.69) is 5.32 Å². The van der Waals surface area contributed by atoms with E-state index < -0.39 is 29.6 Å². The third-order valence-corrected chi connectivity index (χ3v) is 7.67. The van der Waals surface area contributed by atoms with Crippen LogP contribution < -0.4 is 5.32 Å². The summed E-state index contributed by atoms with van der Waals surface area (Å²) in [5.74, 6) is -3.57. The number of carbonyl (C=O) groups excluding carboxylic acids is 2. The Bertz CT molecular complexity index is 1020. The Labute approximate surface area is 183 Å². The van der Waals surface area contributed by atoms with Crippen molar-refractivity contribution in [2.24, 2.45) is 23.7 Å². The number of amides is 1. The van der Waals surface area contributed by atoms with Crippen LogP contribution in [0.1, 0.15) is 40.9 Å². The molecule has 6 nitrogen and oxygen atoms in total. The lowest BCUT2D eigenvalue weighted by atomic mass is 9.58. The molecule has 1 heterocycles. The molecule has 2 aromatic rings. The van der Waals surface area contributed by atoms with Crippen molar-refractivity contribution in [3.63, 3.8) is 0 Å². The second-order valence-electron chi connectivity index (χ2n) is 8.29. The zero-order valence-corrected chi connectivity index (χ0v) is 18.1. The SMILES string of the molecule is COC(=O)c1c(NC(=O)[C@@H]2C3CCC(CC3)[C@H]2C(=O)O)sc(C)c1-c1ccc(F)cc1. The summed E-state index contributed by atoms with van der Waals surface area (Å²) < 4.78 is 18.4. The van der Waals surface area contributed by atoms with Gasteiger partial charge in [-0.2, -0.15) is 0 Å². The van der Waals surface area contributed by atoms with Crippen molar-refractivity contribution in [2.45, 2.75) is 32.6 Å². The number of carboxylic acids is 1. The van der Waals surface area contributed by atoms with Crippen LogP contribution in [0.15, 0.2) is 24.3 Å². The fourth-order valence-electron chi connectivity index (χ4n) is 5.27. The number of esters is 1. The maximum Gasteiger partial charge on any atom is 0.341 e. The third-order valence-electron chi connectivity index (χ3n) is 6.65. The molecule has 2 atom stereocenters. The normalized spacial score (nSPS) is 24.6. The highest BCUT2D eigenvalue weighted by atomic mass is 32.1. The minimum atomic E-state index is -0.933. The zero-order valence-electron chi connectivity index (χ0n) is 17.3. The first-order valence-electron chi connectivity index (χ1n) is 10.3. The number of methoxy groups -OCH3 is 1. The number of anilines is 1. The quantitative estimate of drug-likeness (QED) is 0.650. The minimum Gasteiger partial charge on any atom is -0.481 e. The number of hydrogen-bond acceptors (Lipinski definition) is 5. The lowest BCUT2D eigenvalue weighted by molar-refractivity contribution is -0.156. The van der Waals surface area contributed by atoms with Gasteiger partial charge in [0.1, 0.15) is 16.4 Å². The average molecular weight is 446 g/mol. The number of nitrogens with one attached hydrogen (secondary N) is 1. The fraction of sp³-hybridized carbons (Fsp3) is 0.435. The Morgan fingerprint density at radius 1 is 1.06 bits per heavy atom. The molecule has 0 saturated heterocycles. The van der Waals surface area contributed by atoms with E-state index in [0.717, 1.165) is 30.6 Å². The van der Waals surface area contributed by atoms with Crippen LogP contribution in [0.4, 0.5) is 9.39 Å². The maximum absolute atomic E-state index is 13.4. The summed E-state index contributed by atoms with van der Waals surface area (Å²) in [5.41, 5.74) is 1.42. The van der Waals surface area contributed by atoms with Crippen LogP contribution in [0.2, 0.25) is 0 Å². The van der Waals surface area contributed by atoms with Crippen molar-refractivity contribution in [2.75, 3.05) is 12.4 Å². The Kier molecular flexibility index (Phi) is 5.83. The molecule has 2 bridgehead atoms. The predicted octanol–water partition coefficient (Wildman–Crippen LogP) is 4.72.